The normalized spacial score (nSPS) is 13.4. The summed E-state index contributed by atoms with van der Waals surface area (Å²) in [5.41, 5.74) is 3.14. The lowest BCUT2D eigenvalue weighted by Gasteiger charge is -2.36. The van der Waals surface area contributed by atoms with Gasteiger partial charge in [-0.2, -0.15) is 0 Å². The molecule has 24 heavy (non-hydrogen) atoms. The maximum absolute atomic E-state index is 12.6. The molecule has 0 aliphatic carbocycles. The minimum Gasteiger partial charge on any atom is -0.349 e. The molecule has 0 fully saturated rings. The first kappa shape index (κ1) is 16.1. The minimum absolute atomic E-state index is 0.0944. The molecule has 0 saturated carbocycles. The van der Waals surface area contributed by atoms with Gasteiger partial charge in [0.15, 0.2) is 5.82 Å². The molecule has 1 aromatic carbocycles. The molecular formula is C19H22N4O. The Hall–Kier alpha value is -2.82. The molecule has 5 heteroatoms. The van der Waals surface area contributed by atoms with E-state index in [1.165, 1.54) is 5.56 Å². The second-order valence-corrected chi connectivity index (χ2v) is 5.88. The van der Waals surface area contributed by atoms with E-state index in [1.807, 2.05) is 30.3 Å². The molecule has 1 aliphatic rings. The van der Waals surface area contributed by atoms with Crippen molar-refractivity contribution in [1.29, 1.82) is 0 Å². The molecule has 0 spiro atoms. The maximum atomic E-state index is 12.6. The van der Waals surface area contributed by atoms with Crippen molar-refractivity contribution in [2.75, 3.05) is 29.4 Å². The van der Waals surface area contributed by atoms with Crippen molar-refractivity contribution in [3.05, 3.63) is 66.4 Å². The van der Waals surface area contributed by atoms with Crippen molar-refractivity contribution < 1.29 is 4.79 Å². The molecule has 3 rings (SSSR count). The first-order chi connectivity index (χ1) is 11.7. The van der Waals surface area contributed by atoms with Gasteiger partial charge >= 0.3 is 6.03 Å². The minimum atomic E-state index is -0.0944. The van der Waals surface area contributed by atoms with Crippen molar-refractivity contribution >= 4 is 17.5 Å². The maximum Gasteiger partial charge on any atom is 0.322 e. The number of hydrogen-bond acceptors (Lipinski definition) is 3. The second kappa shape index (κ2) is 7.17. The molecule has 1 aliphatic heterocycles. The van der Waals surface area contributed by atoms with Gasteiger partial charge in [0.2, 0.25) is 0 Å². The zero-order valence-electron chi connectivity index (χ0n) is 13.9. The number of carbonyl (C=O) groups excluding carboxylic acids is 1. The van der Waals surface area contributed by atoms with Crippen LogP contribution in [-0.4, -0.2) is 30.6 Å². The van der Waals surface area contributed by atoms with E-state index in [9.17, 15) is 4.79 Å². The lowest BCUT2D eigenvalue weighted by Crippen LogP contribution is -2.48. The van der Waals surface area contributed by atoms with Gasteiger partial charge in [-0.1, -0.05) is 35.9 Å². The first-order valence-corrected chi connectivity index (χ1v) is 8.11. The number of carbonyl (C=O) groups is 1. The molecule has 2 amide bonds. The van der Waals surface area contributed by atoms with Crippen LogP contribution in [0.25, 0.3) is 0 Å². The molecule has 5 nitrogen and oxygen atoms in total. The fourth-order valence-electron chi connectivity index (χ4n) is 2.81. The molecule has 124 valence electrons. The summed E-state index contributed by atoms with van der Waals surface area (Å²) in [7, 11) is 0. The van der Waals surface area contributed by atoms with Crippen LogP contribution in [0.15, 0.2) is 55.3 Å². The summed E-state index contributed by atoms with van der Waals surface area (Å²) in [4.78, 5) is 20.9. The lowest BCUT2D eigenvalue weighted by molar-refractivity contribution is 0.245. The van der Waals surface area contributed by atoms with Gasteiger partial charge in [0.25, 0.3) is 0 Å². The SMILES string of the molecule is C=CCN1CCN(C(=O)NCc2ccc(C)cc2)c2cccnc21. The zero-order chi connectivity index (χ0) is 16.9. The van der Waals surface area contributed by atoms with Gasteiger partial charge in [0.05, 0.1) is 5.69 Å². The van der Waals surface area contributed by atoms with Crippen molar-refractivity contribution in [3.8, 4) is 0 Å². The summed E-state index contributed by atoms with van der Waals surface area (Å²) >= 11 is 0. The summed E-state index contributed by atoms with van der Waals surface area (Å²) in [6.07, 6.45) is 3.61. The number of nitrogens with one attached hydrogen (secondary N) is 1. The number of urea groups is 1. The van der Waals surface area contributed by atoms with E-state index in [0.29, 0.717) is 13.1 Å². The Bertz CT molecular complexity index is 726. The molecule has 0 unspecified atom stereocenters. The highest BCUT2D eigenvalue weighted by atomic mass is 16.2. The van der Waals surface area contributed by atoms with Gasteiger partial charge in [0.1, 0.15) is 0 Å². The van der Waals surface area contributed by atoms with Crippen LogP contribution in [0, 0.1) is 6.92 Å². The van der Waals surface area contributed by atoms with Crippen LogP contribution in [0.2, 0.25) is 0 Å². The number of pyridine rings is 1. The highest BCUT2D eigenvalue weighted by Crippen LogP contribution is 2.30. The lowest BCUT2D eigenvalue weighted by atomic mass is 10.1. The Morgan fingerprint density at radius 2 is 2.08 bits per heavy atom. The monoisotopic (exact) mass is 322 g/mol. The Morgan fingerprint density at radius 3 is 2.83 bits per heavy atom. The predicted molar refractivity (Wildman–Crippen MR) is 97.4 cm³/mol. The number of aromatic nitrogens is 1. The summed E-state index contributed by atoms with van der Waals surface area (Å²) in [5.74, 6) is 0.828. The Labute approximate surface area is 142 Å². The molecular weight excluding hydrogens is 300 g/mol. The van der Waals surface area contributed by atoms with Crippen LogP contribution in [0.5, 0.6) is 0 Å². The van der Waals surface area contributed by atoms with Gasteiger partial charge < -0.3 is 10.2 Å². The molecule has 2 aromatic rings. The molecule has 0 saturated heterocycles. The summed E-state index contributed by atoms with van der Waals surface area (Å²) in [6, 6.07) is 11.9. The van der Waals surface area contributed by atoms with Crippen molar-refractivity contribution in [3.63, 3.8) is 0 Å². The van der Waals surface area contributed by atoms with Gasteiger partial charge in [-0.25, -0.2) is 9.78 Å². The fraction of sp³-hybridized carbons (Fsp3) is 0.263. The number of rotatable bonds is 4. The average Bonchev–Trinajstić information content (AvgIpc) is 2.61. The summed E-state index contributed by atoms with van der Waals surface area (Å²) in [5, 5.41) is 3.00. The van der Waals surface area contributed by atoms with Gasteiger partial charge in [-0.05, 0) is 24.6 Å². The van der Waals surface area contributed by atoms with E-state index < -0.39 is 0 Å². The van der Waals surface area contributed by atoms with Gasteiger partial charge in [0, 0.05) is 32.4 Å². The topological polar surface area (TPSA) is 48.5 Å². The number of hydrogen-bond donors (Lipinski definition) is 1. The van der Waals surface area contributed by atoms with E-state index in [4.69, 9.17) is 0 Å². The van der Waals surface area contributed by atoms with Crippen LogP contribution in [0.3, 0.4) is 0 Å². The zero-order valence-corrected chi connectivity index (χ0v) is 13.9. The van der Waals surface area contributed by atoms with Gasteiger partial charge in [-0.3, -0.25) is 4.90 Å². The number of aryl methyl sites for hydroxylation is 1. The Kier molecular flexibility index (Phi) is 4.79. The van der Waals surface area contributed by atoms with E-state index in [1.54, 1.807) is 11.1 Å². The first-order valence-electron chi connectivity index (χ1n) is 8.11. The van der Waals surface area contributed by atoms with Crippen LogP contribution < -0.4 is 15.1 Å². The molecule has 1 aromatic heterocycles. The summed E-state index contributed by atoms with van der Waals surface area (Å²) in [6.45, 7) is 8.46. The third kappa shape index (κ3) is 3.40. The van der Waals surface area contributed by atoms with E-state index in [2.05, 4.69) is 40.8 Å². The number of amides is 2. The third-order valence-corrected chi connectivity index (χ3v) is 4.11. The molecule has 1 N–H and O–H groups in total. The molecule has 0 radical (unpaired) electrons. The number of fused-ring (bicyclic) bond motifs is 1. The van der Waals surface area contributed by atoms with E-state index in [-0.39, 0.29) is 6.03 Å². The Balaban J connectivity index is 1.71. The average molecular weight is 322 g/mol. The third-order valence-electron chi connectivity index (χ3n) is 4.11. The number of anilines is 2. The molecule has 2 heterocycles. The Morgan fingerprint density at radius 1 is 1.29 bits per heavy atom. The molecule has 0 bridgehead atoms. The second-order valence-electron chi connectivity index (χ2n) is 5.88. The van der Waals surface area contributed by atoms with Gasteiger partial charge in [-0.15, -0.1) is 6.58 Å². The number of nitrogens with zero attached hydrogens (tertiary/aromatic N) is 3. The van der Waals surface area contributed by atoms with Crippen LogP contribution in [-0.2, 0) is 6.54 Å². The standard InChI is InChI=1S/C19H22N4O/c1-3-11-22-12-13-23(17-5-4-10-20-18(17)22)19(24)21-14-16-8-6-15(2)7-9-16/h3-10H,1,11-14H2,2H3,(H,21,24). The molecule has 0 atom stereocenters. The number of benzene rings is 1. The fourth-order valence-corrected chi connectivity index (χ4v) is 2.81. The van der Waals surface area contributed by atoms with E-state index in [0.717, 1.165) is 30.2 Å². The highest BCUT2D eigenvalue weighted by molar-refractivity contribution is 5.96. The smallest absolute Gasteiger partial charge is 0.322 e. The van der Waals surface area contributed by atoms with Crippen LogP contribution >= 0.6 is 0 Å². The van der Waals surface area contributed by atoms with Crippen molar-refractivity contribution in [2.45, 2.75) is 13.5 Å². The van der Waals surface area contributed by atoms with Crippen molar-refractivity contribution in [2.24, 2.45) is 0 Å². The highest BCUT2D eigenvalue weighted by Gasteiger charge is 2.26. The summed E-state index contributed by atoms with van der Waals surface area (Å²) < 4.78 is 0. The quantitative estimate of drug-likeness (QED) is 0.880. The van der Waals surface area contributed by atoms with E-state index >= 15 is 0 Å². The largest absolute Gasteiger partial charge is 0.349 e. The van der Waals surface area contributed by atoms with Crippen LogP contribution in [0.4, 0.5) is 16.3 Å². The van der Waals surface area contributed by atoms with Crippen molar-refractivity contribution in [1.82, 2.24) is 10.3 Å². The predicted octanol–water partition coefficient (Wildman–Crippen LogP) is 3.11. The van der Waals surface area contributed by atoms with Crippen LogP contribution in [0.1, 0.15) is 11.1 Å².